The first-order chi connectivity index (χ1) is 6.61. The normalized spacial score (nSPS) is 19.1. The lowest BCUT2D eigenvalue weighted by atomic mass is 9.89. The fourth-order valence-corrected chi connectivity index (χ4v) is 1.99. The third kappa shape index (κ3) is 1.82. The summed E-state index contributed by atoms with van der Waals surface area (Å²) in [6, 6.07) is 5.14. The lowest BCUT2D eigenvalue weighted by molar-refractivity contribution is -0.00969. The molecule has 14 heavy (non-hydrogen) atoms. The van der Waals surface area contributed by atoms with E-state index in [-0.39, 0.29) is 5.82 Å². The van der Waals surface area contributed by atoms with Crippen molar-refractivity contribution in [3.05, 3.63) is 34.1 Å². The molecule has 1 aliphatic rings. The summed E-state index contributed by atoms with van der Waals surface area (Å²) in [5, 5.41) is 12.8. The average molecular weight is 260 g/mol. The quantitative estimate of drug-likeness (QED) is 0.843. The number of benzene rings is 1. The summed E-state index contributed by atoms with van der Waals surface area (Å²) in [4.78, 5) is 0. The Morgan fingerprint density at radius 1 is 1.50 bits per heavy atom. The molecule has 2 rings (SSSR count). The van der Waals surface area contributed by atoms with Crippen molar-refractivity contribution in [1.29, 1.82) is 0 Å². The van der Waals surface area contributed by atoms with E-state index in [1.54, 1.807) is 18.2 Å². The summed E-state index contributed by atoms with van der Waals surface area (Å²) in [6.07, 6.45) is 0.366. The van der Waals surface area contributed by atoms with Crippen LogP contribution < -0.4 is 5.32 Å². The van der Waals surface area contributed by atoms with Crippen LogP contribution in [0.15, 0.2) is 22.7 Å². The minimum Gasteiger partial charge on any atom is -0.387 e. The van der Waals surface area contributed by atoms with Crippen molar-refractivity contribution < 1.29 is 9.50 Å². The van der Waals surface area contributed by atoms with Gasteiger partial charge in [0.2, 0.25) is 0 Å². The van der Waals surface area contributed by atoms with Crippen LogP contribution in [0.4, 0.5) is 4.39 Å². The number of rotatable bonds is 2. The fourth-order valence-electron chi connectivity index (χ4n) is 1.58. The molecule has 1 saturated heterocycles. The predicted octanol–water partition coefficient (Wildman–Crippen LogP) is 1.46. The Morgan fingerprint density at radius 2 is 2.21 bits per heavy atom. The van der Waals surface area contributed by atoms with Gasteiger partial charge in [0.15, 0.2) is 0 Å². The molecule has 1 aromatic carbocycles. The summed E-state index contributed by atoms with van der Waals surface area (Å²) in [7, 11) is 0. The Kier molecular flexibility index (Phi) is 2.60. The highest BCUT2D eigenvalue weighted by Crippen LogP contribution is 2.24. The molecule has 1 fully saturated rings. The van der Waals surface area contributed by atoms with Crippen LogP contribution in [0.1, 0.15) is 5.56 Å². The zero-order valence-electron chi connectivity index (χ0n) is 7.56. The van der Waals surface area contributed by atoms with Crippen molar-refractivity contribution >= 4 is 15.9 Å². The van der Waals surface area contributed by atoms with Gasteiger partial charge in [0, 0.05) is 19.5 Å². The molecule has 2 nitrogen and oxygen atoms in total. The fraction of sp³-hybridized carbons (Fsp3) is 0.400. The molecular formula is C10H11BrFNO. The number of halogens is 2. The summed E-state index contributed by atoms with van der Waals surface area (Å²) < 4.78 is 14.0. The Labute approximate surface area is 90.3 Å². The maximum atomic E-state index is 13.5. The molecule has 2 N–H and O–H groups in total. The van der Waals surface area contributed by atoms with Crippen LogP contribution in [0.25, 0.3) is 0 Å². The number of hydrogen-bond acceptors (Lipinski definition) is 2. The summed E-state index contributed by atoms with van der Waals surface area (Å²) in [5.41, 5.74) is -0.204. The smallest absolute Gasteiger partial charge is 0.140 e. The summed E-state index contributed by atoms with van der Waals surface area (Å²) >= 11 is 3.12. The third-order valence-electron chi connectivity index (χ3n) is 2.46. The van der Waals surface area contributed by atoms with E-state index in [1.165, 1.54) is 0 Å². The molecule has 0 spiro atoms. The monoisotopic (exact) mass is 259 g/mol. The zero-order valence-corrected chi connectivity index (χ0v) is 9.14. The highest BCUT2D eigenvalue weighted by atomic mass is 79.9. The second-order valence-electron chi connectivity index (χ2n) is 3.72. The van der Waals surface area contributed by atoms with Gasteiger partial charge in [-0.25, -0.2) is 4.39 Å². The van der Waals surface area contributed by atoms with E-state index in [0.29, 0.717) is 29.5 Å². The molecule has 0 aliphatic carbocycles. The molecule has 0 atom stereocenters. The van der Waals surface area contributed by atoms with E-state index in [2.05, 4.69) is 21.2 Å². The minimum absolute atomic E-state index is 0.271. The van der Waals surface area contributed by atoms with Crippen LogP contribution in [-0.2, 0) is 6.42 Å². The first kappa shape index (κ1) is 10.1. The van der Waals surface area contributed by atoms with Gasteiger partial charge in [0.05, 0.1) is 10.1 Å². The third-order valence-corrected chi connectivity index (χ3v) is 3.07. The van der Waals surface area contributed by atoms with Gasteiger partial charge in [-0.15, -0.1) is 0 Å². The van der Waals surface area contributed by atoms with E-state index < -0.39 is 5.60 Å². The molecule has 1 heterocycles. The standard InChI is InChI=1S/C10H11BrFNO/c11-8-3-1-2-7(9(8)12)4-10(14)5-13-6-10/h1-3,13-14H,4-6H2. The van der Waals surface area contributed by atoms with E-state index in [1.807, 2.05) is 0 Å². The first-order valence-electron chi connectivity index (χ1n) is 4.47. The molecule has 4 heteroatoms. The highest BCUT2D eigenvalue weighted by molar-refractivity contribution is 9.10. The van der Waals surface area contributed by atoms with E-state index >= 15 is 0 Å². The molecular weight excluding hydrogens is 249 g/mol. The molecule has 0 bridgehead atoms. The van der Waals surface area contributed by atoms with Gasteiger partial charge in [-0.05, 0) is 27.6 Å². The van der Waals surface area contributed by atoms with Gasteiger partial charge in [-0.1, -0.05) is 12.1 Å². The van der Waals surface area contributed by atoms with Gasteiger partial charge >= 0.3 is 0 Å². The second-order valence-corrected chi connectivity index (χ2v) is 4.57. The first-order valence-corrected chi connectivity index (χ1v) is 5.26. The van der Waals surface area contributed by atoms with Crippen molar-refractivity contribution in [3.63, 3.8) is 0 Å². The van der Waals surface area contributed by atoms with Crippen molar-refractivity contribution in [1.82, 2.24) is 5.32 Å². The Morgan fingerprint density at radius 3 is 2.79 bits per heavy atom. The van der Waals surface area contributed by atoms with Crippen molar-refractivity contribution in [2.24, 2.45) is 0 Å². The maximum absolute atomic E-state index is 13.5. The molecule has 1 aromatic rings. The number of β-amino-alcohol motifs (C(OH)–C–C–N with tert-alkyl or cyclic N) is 1. The van der Waals surface area contributed by atoms with Gasteiger partial charge in [0.1, 0.15) is 5.82 Å². The van der Waals surface area contributed by atoms with Crippen LogP contribution in [0.5, 0.6) is 0 Å². The molecule has 0 saturated carbocycles. The van der Waals surface area contributed by atoms with Crippen LogP contribution in [0, 0.1) is 5.82 Å². The van der Waals surface area contributed by atoms with Gasteiger partial charge in [0.25, 0.3) is 0 Å². The van der Waals surface area contributed by atoms with E-state index in [4.69, 9.17) is 0 Å². The van der Waals surface area contributed by atoms with E-state index in [0.717, 1.165) is 0 Å². The molecule has 1 aliphatic heterocycles. The molecule has 0 unspecified atom stereocenters. The second kappa shape index (κ2) is 3.61. The summed E-state index contributed by atoms with van der Waals surface area (Å²) in [6.45, 7) is 1.08. The summed E-state index contributed by atoms with van der Waals surface area (Å²) in [5.74, 6) is -0.271. The Hall–Kier alpha value is -0.450. The largest absolute Gasteiger partial charge is 0.387 e. The van der Waals surface area contributed by atoms with Crippen LogP contribution in [0.2, 0.25) is 0 Å². The number of hydrogen-bond donors (Lipinski definition) is 2. The molecule has 0 aromatic heterocycles. The highest BCUT2D eigenvalue weighted by Gasteiger charge is 2.35. The van der Waals surface area contributed by atoms with Crippen LogP contribution in [-0.4, -0.2) is 23.8 Å². The maximum Gasteiger partial charge on any atom is 0.140 e. The van der Waals surface area contributed by atoms with Crippen LogP contribution in [0.3, 0.4) is 0 Å². The van der Waals surface area contributed by atoms with Gasteiger partial charge in [-0.3, -0.25) is 0 Å². The SMILES string of the molecule is OC1(Cc2cccc(Br)c2F)CNC1. The predicted molar refractivity (Wildman–Crippen MR) is 55.6 cm³/mol. The Balaban J connectivity index is 2.20. The topological polar surface area (TPSA) is 32.3 Å². The minimum atomic E-state index is -0.762. The van der Waals surface area contributed by atoms with Crippen molar-refractivity contribution in [2.45, 2.75) is 12.0 Å². The molecule has 0 radical (unpaired) electrons. The average Bonchev–Trinajstić information content (AvgIpc) is 2.10. The zero-order chi connectivity index (χ0) is 10.2. The van der Waals surface area contributed by atoms with E-state index in [9.17, 15) is 9.50 Å². The molecule has 76 valence electrons. The van der Waals surface area contributed by atoms with Crippen molar-refractivity contribution in [2.75, 3.05) is 13.1 Å². The lowest BCUT2D eigenvalue weighted by Crippen LogP contribution is -2.60. The van der Waals surface area contributed by atoms with Crippen molar-refractivity contribution in [3.8, 4) is 0 Å². The van der Waals surface area contributed by atoms with Gasteiger partial charge in [-0.2, -0.15) is 0 Å². The van der Waals surface area contributed by atoms with Crippen LogP contribution >= 0.6 is 15.9 Å². The van der Waals surface area contributed by atoms with Gasteiger partial charge < -0.3 is 10.4 Å². The lowest BCUT2D eigenvalue weighted by Gasteiger charge is -2.37. The number of aliphatic hydroxyl groups is 1. The number of nitrogens with one attached hydrogen (secondary N) is 1. The molecule has 0 amide bonds. The Bertz CT molecular complexity index is 352.